The zero-order valence-electron chi connectivity index (χ0n) is 13.6. The highest BCUT2D eigenvalue weighted by molar-refractivity contribution is 5.97. The first-order chi connectivity index (χ1) is 12.2. The van der Waals surface area contributed by atoms with Crippen LogP contribution in [0.5, 0.6) is 11.5 Å². The number of hydrogen-bond donors (Lipinski definition) is 2. The van der Waals surface area contributed by atoms with E-state index in [2.05, 4.69) is 5.32 Å². The number of aliphatic hydroxyl groups excluding tert-OH is 1. The van der Waals surface area contributed by atoms with Crippen molar-refractivity contribution in [3.05, 3.63) is 96.1 Å². The van der Waals surface area contributed by atoms with Crippen LogP contribution in [0.1, 0.15) is 22.0 Å². The smallest absolute Gasteiger partial charge is 0.255 e. The third-order valence-corrected chi connectivity index (χ3v) is 3.74. The lowest BCUT2D eigenvalue weighted by Gasteiger charge is -2.14. The molecule has 2 N–H and O–H groups in total. The van der Waals surface area contributed by atoms with Gasteiger partial charge >= 0.3 is 0 Å². The van der Waals surface area contributed by atoms with Gasteiger partial charge in [-0.3, -0.25) is 4.79 Å². The molecule has 0 saturated carbocycles. The fourth-order valence-corrected chi connectivity index (χ4v) is 2.44. The van der Waals surface area contributed by atoms with Gasteiger partial charge in [0.05, 0.1) is 11.7 Å². The number of ether oxygens (including phenoxy) is 1. The highest BCUT2D eigenvalue weighted by atomic mass is 16.5. The minimum Gasteiger partial charge on any atom is -0.457 e. The molecule has 1 atom stereocenters. The maximum absolute atomic E-state index is 12.5. The summed E-state index contributed by atoms with van der Waals surface area (Å²) in [5.41, 5.74) is 1.18. The molecule has 3 aromatic rings. The van der Waals surface area contributed by atoms with Gasteiger partial charge in [-0.15, -0.1) is 0 Å². The summed E-state index contributed by atoms with van der Waals surface area (Å²) in [5.74, 6) is 0.842. The molecule has 0 aromatic heterocycles. The molecular weight excluding hydrogens is 314 g/mol. The number of benzene rings is 3. The van der Waals surface area contributed by atoms with Crippen molar-refractivity contribution >= 4 is 5.91 Å². The van der Waals surface area contributed by atoms with Crippen LogP contribution in [0, 0.1) is 0 Å². The molecule has 4 nitrogen and oxygen atoms in total. The molecule has 0 fully saturated rings. The van der Waals surface area contributed by atoms with Crippen LogP contribution in [0.25, 0.3) is 0 Å². The first kappa shape index (κ1) is 16.7. The first-order valence-corrected chi connectivity index (χ1v) is 8.07. The van der Waals surface area contributed by atoms with Crippen molar-refractivity contribution in [1.82, 2.24) is 5.32 Å². The van der Waals surface area contributed by atoms with E-state index in [1.807, 2.05) is 66.7 Å². The van der Waals surface area contributed by atoms with Gasteiger partial charge in [0.15, 0.2) is 0 Å². The van der Waals surface area contributed by atoms with Crippen molar-refractivity contribution in [2.24, 2.45) is 0 Å². The normalized spacial score (nSPS) is 11.6. The Hall–Kier alpha value is -3.11. The first-order valence-electron chi connectivity index (χ1n) is 8.07. The molecule has 0 bridgehead atoms. The molecular formula is C21H19NO3. The number of aliphatic hydroxyl groups is 1. The fourth-order valence-electron chi connectivity index (χ4n) is 2.44. The summed E-state index contributed by atoms with van der Waals surface area (Å²) in [6.45, 7) is 0.127. The third kappa shape index (κ3) is 4.46. The van der Waals surface area contributed by atoms with E-state index in [4.69, 9.17) is 4.74 Å². The van der Waals surface area contributed by atoms with Crippen LogP contribution in [-0.4, -0.2) is 17.6 Å². The predicted molar refractivity (Wildman–Crippen MR) is 96.7 cm³/mol. The standard InChI is InChI=1S/C21H19NO3/c23-19(16-9-3-1-4-10-16)15-22-21(24)18-13-7-8-14-20(18)25-17-11-5-2-6-12-17/h1-14,19,23H,15H2,(H,22,24)/t19-/m1/s1. The van der Waals surface area contributed by atoms with Gasteiger partial charge < -0.3 is 15.2 Å². The third-order valence-electron chi connectivity index (χ3n) is 3.74. The van der Waals surface area contributed by atoms with Gasteiger partial charge in [-0.25, -0.2) is 0 Å². The molecule has 0 unspecified atom stereocenters. The van der Waals surface area contributed by atoms with Crippen LogP contribution in [0.4, 0.5) is 0 Å². The van der Waals surface area contributed by atoms with Crippen LogP contribution in [0.15, 0.2) is 84.9 Å². The highest BCUT2D eigenvalue weighted by Crippen LogP contribution is 2.25. The lowest BCUT2D eigenvalue weighted by Crippen LogP contribution is -2.28. The van der Waals surface area contributed by atoms with E-state index in [1.54, 1.807) is 18.2 Å². The topological polar surface area (TPSA) is 58.6 Å². The number of rotatable bonds is 6. The Bertz CT molecular complexity index is 819. The van der Waals surface area contributed by atoms with Crippen molar-refractivity contribution in [2.75, 3.05) is 6.54 Å². The van der Waals surface area contributed by atoms with Gasteiger partial charge in [-0.1, -0.05) is 60.7 Å². The van der Waals surface area contributed by atoms with Crippen LogP contribution >= 0.6 is 0 Å². The van der Waals surface area contributed by atoms with Gasteiger partial charge in [0.1, 0.15) is 11.5 Å². The Balaban J connectivity index is 1.68. The Kier molecular flexibility index (Phi) is 5.44. The number of para-hydroxylation sites is 2. The Morgan fingerprint density at radius 2 is 1.48 bits per heavy atom. The summed E-state index contributed by atoms with van der Waals surface area (Å²) < 4.78 is 5.80. The lowest BCUT2D eigenvalue weighted by atomic mass is 10.1. The molecule has 3 aromatic carbocycles. The number of hydrogen-bond acceptors (Lipinski definition) is 3. The molecule has 0 saturated heterocycles. The largest absolute Gasteiger partial charge is 0.457 e. The summed E-state index contributed by atoms with van der Waals surface area (Å²) in [4.78, 5) is 12.5. The van der Waals surface area contributed by atoms with Crippen molar-refractivity contribution in [3.63, 3.8) is 0 Å². The summed E-state index contributed by atoms with van der Waals surface area (Å²) in [5, 5.41) is 12.9. The quantitative estimate of drug-likeness (QED) is 0.718. The van der Waals surface area contributed by atoms with Gasteiger partial charge in [0.2, 0.25) is 0 Å². The molecule has 0 heterocycles. The van der Waals surface area contributed by atoms with Crippen LogP contribution in [0.2, 0.25) is 0 Å². The Labute approximate surface area is 146 Å². The molecule has 0 spiro atoms. The Morgan fingerprint density at radius 3 is 2.20 bits per heavy atom. The summed E-state index contributed by atoms with van der Waals surface area (Å²) >= 11 is 0. The molecule has 25 heavy (non-hydrogen) atoms. The number of amides is 1. The maximum atomic E-state index is 12.5. The number of nitrogens with one attached hydrogen (secondary N) is 1. The number of carbonyl (C=O) groups excluding carboxylic acids is 1. The van der Waals surface area contributed by atoms with E-state index in [9.17, 15) is 9.90 Å². The summed E-state index contributed by atoms with van der Waals surface area (Å²) in [6.07, 6.45) is -0.757. The minimum atomic E-state index is -0.757. The Morgan fingerprint density at radius 1 is 0.880 bits per heavy atom. The monoisotopic (exact) mass is 333 g/mol. The fraction of sp³-hybridized carbons (Fsp3) is 0.0952. The van der Waals surface area contributed by atoms with Crippen LogP contribution < -0.4 is 10.1 Å². The average molecular weight is 333 g/mol. The van der Waals surface area contributed by atoms with E-state index in [1.165, 1.54) is 0 Å². The van der Waals surface area contributed by atoms with Crippen molar-refractivity contribution in [1.29, 1.82) is 0 Å². The molecule has 0 aliphatic heterocycles. The van der Waals surface area contributed by atoms with Crippen molar-refractivity contribution < 1.29 is 14.6 Å². The average Bonchev–Trinajstić information content (AvgIpc) is 2.68. The van der Waals surface area contributed by atoms with E-state index in [-0.39, 0.29) is 12.5 Å². The van der Waals surface area contributed by atoms with Crippen molar-refractivity contribution in [3.8, 4) is 11.5 Å². The lowest BCUT2D eigenvalue weighted by molar-refractivity contribution is 0.0914. The molecule has 0 aliphatic rings. The van der Waals surface area contributed by atoms with E-state index in [0.29, 0.717) is 17.1 Å². The summed E-state index contributed by atoms with van der Waals surface area (Å²) in [6, 6.07) is 25.6. The minimum absolute atomic E-state index is 0.127. The van der Waals surface area contributed by atoms with E-state index >= 15 is 0 Å². The van der Waals surface area contributed by atoms with E-state index < -0.39 is 6.10 Å². The van der Waals surface area contributed by atoms with Gasteiger partial charge in [0, 0.05) is 6.54 Å². The zero-order valence-corrected chi connectivity index (χ0v) is 13.6. The van der Waals surface area contributed by atoms with Crippen LogP contribution in [0.3, 0.4) is 0 Å². The van der Waals surface area contributed by atoms with Gasteiger partial charge in [0.25, 0.3) is 5.91 Å². The second-order valence-corrected chi connectivity index (χ2v) is 5.55. The molecule has 0 radical (unpaired) electrons. The SMILES string of the molecule is O=C(NC[C@@H](O)c1ccccc1)c1ccccc1Oc1ccccc1. The molecule has 0 aliphatic carbocycles. The van der Waals surface area contributed by atoms with Gasteiger partial charge in [-0.05, 0) is 29.8 Å². The zero-order chi connectivity index (χ0) is 17.5. The molecule has 3 rings (SSSR count). The van der Waals surface area contributed by atoms with Crippen molar-refractivity contribution in [2.45, 2.75) is 6.10 Å². The highest BCUT2D eigenvalue weighted by Gasteiger charge is 2.14. The second-order valence-electron chi connectivity index (χ2n) is 5.55. The predicted octanol–water partition coefficient (Wildman–Crippen LogP) is 3.94. The molecule has 126 valence electrons. The molecule has 1 amide bonds. The van der Waals surface area contributed by atoms with Crippen LogP contribution in [-0.2, 0) is 0 Å². The second kappa shape index (κ2) is 8.13. The molecule has 4 heteroatoms. The number of carbonyl (C=O) groups is 1. The van der Waals surface area contributed by atoms with E-state index in [0.717, 1.165) is 5.56 Å². The van der Waals surface area contributed by atoms with Gasteiger partial charge in [-0.2, -0.15) is 0 Å². The summed E-state index contributed by atoms with van der Waals surface area (Å²) in [7, 11) is 0. The maximum Gasteiger partial charge on any atom is 0.255 e.